The number of rotatable bonds is 7. The van der Waals surface area contributed by atoms with Gasteiger partial charge < -0.3 is 57.1 Å². The minimum Gasteiger partial charge on any atom is -0.481 e. The zero-order chi connectivity index (χ0) is 35.0. The van der Waals surface area contributed by atoms with E-state index in [1.165, 1.54) is 0 Å². The molecule has 0 heterocycles. The van der Waals surface area contributed by atoms with Crippen LogP contribution in [0.5, 0.6) is 0 Å². The fraction of sp³-hybridized carbons (Fsp3) is 0.500. The number of carbonyl (C=O) groups excluding carboxylic acids is 2. The highest BCUT2D eigenvalue weighted by Gasteiger charge is 2.32. The van der Waals surface area contributed by atoms with Gasteiger partial charge in [-0.05, 0) is 6.42 Å². The second-order valence-electron chi connectivity index (χ2n) is 6.22. The molecule has 0 radical (unpaired) electrons. The first-order valence-corrected chi connectivity index (χ1v) is 10.0. The van der Waals surface area contributed by atoms with E-state index < -0.39 is 71.8 Å². The molecule has 21 nitrogen and oxygen atoms in total. The van der Waals surface area contributed by atoms with Crippen LogP contribution in [-0.4, -0.2) is 113 Å². The van der Waals surface area contributed by atoms with Gasteiger partial charge in [-0.3, -0.25) is 38.4 Å². The number of carboxylic acids is 8. The Morgan fingerprint density at radius 3 is 0.878 bits per heavy atom. The molecule has 0 aliphatic heterocycles. The number of ether oxygens (including phenoxy) is 1. The average Bonchev–Trinajstić information content (AvgIpc) is 2.66. The first kappa shape index (κ1) is 52.2. The molecular weight excluding hydrogens is 572 g/mol. The van der Waals surface area contributed by atoms with E-state index in [4.69, 9.17) is 81.1 Å². The van der Waals surface area contributed by atoms with Crippen LogP contribution in [0.2, 0.25) is 0 Å². The maximum atomic E-state index is 11.1. The van der Waals surface area contributed by atoms with Crippen LogP contribution in [-0.2, 0) is 52.7 Å². The van der Waals surface area contributed by atoms with Gasteiger partial charge in [-0.2, -0.15) is 0 Å². The Balaban J connectivity index is -0.0000000784. The van der Waals surface area contributed by atoms with E-state index in [2.05, 4.69) is 4.74 Å². The third-order valence-corrected chi connectivity index (χ3v) is 1.69. The van der Waals surface area contributed by atoms with Crippen molar-refractivity contribution in [3.63, 3.8) is 0 Å². The van der Waals surface area contributed by atoms with Crippen LogP contribution in [0.4, 0.5) is 0 Å². The van der Waals surface area contributed by atoms with Crippen LogP contribution in [0.3, 0.4) is 0 Å². The molecule has 1 atom stereocenters. The number of hydrogen-bond donors (Lipinski definition) is 10. The highest BCUT2D eigenvalue weighted by atomic mass is 16.6. The first-order chi connectivity index (χ1) is 18.1. The SMILES string of the molecule is CC(=O)O.CC(=O)O.CC(=O)O.CC(=O)O.CC(=O)O.CC(=O)O.NC(=O)CC[C@H](N)C(=O)OC(C(=O)O)C(=O)O. The molecule has 0 rings (SSSR count). The molecule has 0 unspecified atom stereocenters. The highest BCUT2D eigenvalue weighted by molar-refractivity contribution is 5.98. The van der Waals surface area contributed by atoms with Crippen molar-refractivity contribution in [3.8, 4) is 0 Å². The summed E-state index contributed by atoms with van der Waals surface area (Å²) in [5.41, 5.74) is 10.0. The van der Waals surface area contributed by atoms with Crippen LogP contribution in [0, 0.1) is 0 Å². The molecule has 0 aromatic carbocycles. The third kappa shape index (κ3) is 151. The Morgan fingerprint density at radius 2 is 0.732 bits per heavy atom. The monoisotopic (exact) mass is 608 g/mol. The van der Waals surface area contributed by atoms with E-state index in [0.29, 0.717) is 0 Å². The number of esters is 1. The standard InChI is InChI=1S/C8H12N2O7.6C2H4O2/c9-3(1-2-4(10)11)8(16)17-5(6(12)13)7(14)15;6*1-2(3)4/h3,5H,1-2,9H2,(H2,10,11)(H,12,13)(H,14,15);6*1H3,(H,3,4)/t3-;;;;;;/m0....../s1. The van der Waals surface area contributed by atoms with E-state index in [-0.39, 0.29) is 12.8 Å². The van der Waals surface area contributed by atoms with Gasteiger partial charge in [0.2, 0.25) is 5.91 Å². The molecule has 0 bridgehead atoms. The predicted octanol–water partition coefficient (Wildman–Crippen LogP) is -1.79. The van der Waals surface area contributed by atoms with Crippen molar-refractivity contribution in [2.75, 3.05) is 0 Å². The molecule has 240 valence electrons. The Bertz CT molecular complexity index is 722. The number of nitrogens with two attached hydrogens (primary N) is 2. The molecule has 12 N–H and O–H groups in total. The van der Waals surface area contributed by atoms with Crippen molar-refractivity contribution in [2.45, 2.75) is 66.5 Å². The Hall–Kier alpha value is -5.34. The minimum atomic E-state index is -2.32. The summed E-state index contributed by atoms with van der Waals surface area (Å²) in [6, 6.07) is -1.30. The van der Waals surface area contributed by atoms with Crippen molar-refractivity contribution in [3.05, 3.63) is 0 Å². The average molecular weight is 609 g/mol. The van der Waals surface area contributed by atoms with Crippen LogP contribution >= 0.6 is 0 Å². The number of hydrogen-bond acceptors (Lipinski definition) is 12. The van der Waals surface area contributed by atoms with E-state index >= 15 is 0 Å². The second kappa shape index (κ2) is 34.7. The number of carbonyl (C=O) groups is 10. The lowest BCUT2D eigenvalue weighted by Crippen LogP contribution is -2.41. The van der Waals surface area contributed by atoms with E-state index in [1.54, 1.807) is 0 Å². The summed E-state index contributed by atoms with van der Waals surface area (Å²) in [6.07, 6.45) is -2.66. The summed E-state index contributed by atoms with van der Waals surface area (Å²) in [7, 11) is 0. The molecule has 0 aromatic rings. The molecule has 0 aliphatic rings. The van der Waals surface area contributed by atoms with Crippen LogP contribution in [0.1, 0.15) is 54.4 Å². The molecule has 21 heteroatoms. The zero-order valence-electron chi connectivity index (χ0n) is 22.8. The molecule has 0 saturated heterocycles. The fourth-order valence-corrected chi connectivity index (χ4v) is 0.826. The molecule has 41 heavy (non-hydrogen) atoms. The summed E-state index contributed by atoms with van der Waals surface area (Å²) in [5, 5.41) is 61.3. The van der Waals surface area contributed by atoms with Gasteiger partial charge >= 0.3 is 17.9 Å². The molecule has 1 amide bonds. The molecule has 0 aromatic heterocycles. The van der Waals surface area contributed by atoms with Gasteiger partial charge in [0.05, 0.1) is 0 Å². The minimum absolute atomic E-state index is 0.153. The van der Waals surface area contributed by atoms with Crippen molar-refractivity contribution in [2.24, 2.45) is 11.5 Å². The van der Waals surface area contributed by atoms with Gasteiger partial charge in [0, 0.05) is 48.0 Å². The van der Waals surface area contributed by atoms with Crippen molar-refractivity contribution >= 4 is 59.6 Å². The first-order valence-electron chi connectivity index (χ1n) is 10.0. The van der Waals surface area contributed by atoms with Crippen molar-refractivity contribution in [1.82, 2.24) is 0 Å². The van der Waals surface area contributed by atoms with Crippen molar-refractivity contribution < 1.29 is 93.5 Å². The Morgan fingerprint density at radius 1 is 0.537 bits per heavy atom. The molecular formula is C20H36N2O19. The zero-order valence-corrected chi connectivity index (χ0v) is 22.8. The highest BCUT2D eigenvalue weighted by Crippen LogP contribution is 2.01. The van der Waals surface area contributed by atoms with Gasteiger partial charge in [-0.15, -0.1) is 0 Å². The maximum absolute atomic E-state index is 11.1. The largest absolute Gasteiger partial charge is 0.481 e. The Labute approximate surface area is 231 Å². The number of aliphatic carboxylic acids is 8. The van der Waals surface area contributed by atoms with Crippen LogP contribution in [0.15, 0.2) is 0 Å². The van der Waals surface area contributed by atoms with Gasteiger partial charge in [-0.1, -0.05) is 0 Å². The Kier molecular flexibility index (Phi) is 44.1. The molecule has 0 fully saturated rings. The summed E-state index contributed by atoms with van der Waals surface area (Å²) in [6.45, 7) is 6.50. The lowest BCUT2D eigenvalue weighted by atomic mass is 10.1. The fourth-order valence-electron chi connectivity index (χ4n) is 0.826. The third-order valence-electron chi connectivity index (χ3n) is 1.69. The quantitative estimate of drug-likeness (QED) is 0.112. The van der Waals surface area contributed by atoms with Gasteiger partial charge in [0.15, 0.2) is 0 Å². The molecule has 0 aliphatic carbocycles. The van der Waals surface area contributed by atoms with Gasteiger partial charge in [0.1, 0.15) is 6.04 Å². The summed E-state index contributed by atoms with van der Waals surface area (Å²) in [5.74, 6) is -10.6. The van der Waals surface area contributed by atoms with Gasteiger partial charge in [-0.25, -0.2) is 9.59 Å². The van der Waals surface area contributed by atoms with Crippen molar-refractivity contribution in [1.29, 1.82) is 0 Å². The lowest BCUT2D eigenvalue weighted by molar-refractivity contribution is -0.175. The second-order valence-corrected chi connectivity index (χ2v) is 6.22. The van der Waals surface area contributed by atoms with Gasteiger partial charge in [0.25, 0.3) is 41.9 Å². The smallest absolute Gasteiger partial charge is 0.356 e. The van der Waals surface area contributed by atoms with E-state index in [9.17, 15) is 19.2 Å². The number of amides is 1. The predicted molar refractivity (Wildman–Crippen MR) is 131 cm³/mol. The number of carboxylic acid groups (broad SMARTS) is 8. The normalized spacial score (nSPS) is 8.59. The number of primary amides is 1. The topological polar surface area (TPSA) is 394 Å². The summed E-state index contributed by atoms with van der Waals surface area (Å²) >= 11 is 0. The van der Waals surface area contributed by atoms with E-state index in [0.717, 1.165) is 41.5 Å². The van der Waals surface area contributed by atoms with Crippen LogP contribution < -0.4 is 11.5 Å². The lowest BCUT2D eigenvalue weighted by Gasteiger charge is -2.13. The molecule has 0 saturated carbocycles. The maximum Gasteiger partial charge on any atom is 0.356 e. The summed E-state index contributed by atoms with van der Waals surface area (Å²) < 4.78 is 4.15. The summed E-state index contributed by atoms with van der Waals surface area (Å²) in [4.78, 5) is 96.3. The molecule has 0 spiro atoms. The van der Waals surface area contributed by atoms with E-state index in [1.807, 2.05) is 0 Å². The van der Waals surface area contributed by atoms with Crippen LogP contribution in [0.25, 0.3) is 0 Å².